The first-order chi connectivity index (χ1) is 7.98. The summed E-state index contributed by atoms with van der Waals surface area (Å²) in [6.45, 7) is 0. The molecule has 0 radical (unpaired) electrons. The molecule has 0 bridgehead atoms. The van der Waals surface area contributed by atoms with Crippen LogP contribution in [0, 0.1) is 0 Å². The summed E-state index contributed by atoms with van der Waals surface area (Å²) in [5.74, 6) is 0. The van der Waals surface area contributed by atoms with E-state index in [0.29, 0.717) is 5.69 Å². The molecule has 0 saturated carbocycles. The van der Waals surface area contributed by atoms with Crippen molar-refractivity contribution in [3.05, 3.63) is 48.5 Å². The molecule has 88 valence electrons. The number of sulfonamides is 1. The van der Waals surface area contributed by atoms with Crippen molar-refractivity contribution in [1.29, 1.82) is 0 Å². The Kier molecular flexibility index (Phi) is 2.87. The molecule has 0 atom stereocenters. The van der Waals surface area contributed by atoms with Gasteiger partial charge in [-0.15, -0.1) is 0 Å². The Labute approximate surface area is 99.9 Å². The molecule has 17 heavy (non-hydrogen) atoms. The molecular weight excluding hydrogens is 236 g/mol. The molecule has 2 rings (SSSR count). The molecule has 0 aliphatic heterocycles. The SMILES string of the molecule is Nc1ccccc1-c1ccc(S(N)(=O)=O)cc1. The summed E-state index contributed by atoms with van der Waals surface area (Å²) in [6.07, 6.45) is 0. The van der Waals surface area contributed by atoms with Gasteiger partial charge in [-0.2, -0.15) is 0 Å². The lowest BCUT2D eigenvalue weighted by Gasteiger charge is -2.06. The Balaban J connectivity index is 2.47. The van der Waals surface area contributed by atoms with Crippen molar-refractivity contribution >= 4 is 15.7 Å². The third-order valence-electron chi connectivity index (χ3n) is 2.45. The molecule has 2 aromatic rings. The van der Waals surface area contributed by atoms with Crippen molar-refractivity contribution < 1.29 is 8.42 Å². The zero-order chi connectivity index (χ0) is 12.5. The summed E-state index contributed by atoms with van der Waals surface area (Å²) in [4.78, 5) is 0.0933. The molecule has 2 aromatic carbocycles. The lowest BCUT2D eigenvalue weighted by Crippen LogP contribution is -2.11. The van der Waals surface area contributed by atoms with Gasteiger partial charge in [-0.25, -0.2) is 13.6 Å². The van der Waals surface area contributed by atoms with Gasteiger partial charge >= 0.3 is 0 Å². The van der Waals surface area contributed by atoms with Crippen LogP contribution in [0.25, 0.3) is 11.1 Å². The number of hydrogen-bond donors (Lipinski definition) is 2. The van der Waals surface area contributed by atoms with Crippen LogP contribution in [-0.4, -0.2) is 8.42 Å². The van der Waals surface area contributed by atoms with Crippen LogP contribution in [0.15, 0.2) is 53.4 Å². The molecule has 5 heteroatoms. The van der Waals surface area contributed by atoms with Gasteiger partial charge in [0, 0.05) is 11.3 Å². The Bertz CT molecular complexity index is 634. The number of nitrogens with two attached hydrogens (primary N) is 2. The Morgan fingerprint density at radius 1 is 0.882 bits per heavy atom. The van der Waals surface area contributed by atoms with Crippen LogP contribution in [-0.2, 0) is 10.0 Å². The van der Waals surface area contributed by atoms with E-state index in [0.717, 1.165) is 11.1 Å². The topological polar surface area (TPSA) is 86.2 Å². The highest BCUT2D eigenvalue weighted by Crippen LogP contribution is 2.26. The molecule has 0 heterocycles. The van der Waals surface area contributed by atoms with Crippen molar-refractivity contribution in [2.75, 3.05) is 5.73 Å². The minimum Gasteiger partial charge on any atom is -0.398 e. The van der Waals surface area contributed by atoms with E-state index in [1.54, 1.807) is 18.2 Å². The number of nitrogen functional groups attached to an aromatic ring is 1. The monoisotopic (exact) mass is 248 g/mol. The molecule has 0 aliphatic carbocycles. The molecule has 4 nitrogen and oxygen atoms in total. The van der Waals surface area contributed by atoms with Crippen LogP contribution in [0.1, 0.15) is 0 Å². The van der Waals surface area contributed by atoms with Gasteiger partial charge in [-0.3, -0.25) is 0 Å². The van der Waals surface area contributed by atoms with Gasteiger partial charge in [0.15, 0.2) is 0 Å². The molecule has 4 N–H and O–H groups in total. The maximum atomic E-state index is 11.1. The largest absolute Gasteiger partial charge is 0.398 e. The number of anilines is 1. The average Bonchev–Trinajstić information content (AvgIpc) is 2.29. The van der Waals surface area contributed by atoms with Crippen molar-refractivity contribution in [3.8, 4) is 11.1 Å². The molecule has 0 unspecified atom stereocenters. The molecule has 0 spiro atoms. The number of primary sulfonamides is 1. The Hall–Kier alpha value is -1.85. The number of benzene rings is 2. The van der Waals surface area contributed by atoms with Gasteiger partial charge in [0.25, 0.3) is 0 Å². The van der Waals surface area contributed by atoms with Gasteiger partial charge in [0.05, 0.1) is 4.90 Å². The first kappa shape index (κ1) is 11.6. The smallest absolute Gasteiger partial charge is 0.238 e. The van der Waals surface area contributed by atoms with Crippen LogP contribution < -0.4 is 10.9 Å². The molecule has 0 saturated heterocycles. The Morgan fingerprint density at radius 3 is 2.00 bits per heavy atom. The van der Waals surface area contributed by atoms with Crippen LogP contribution >= 0.6 is 0 Å². The fraction of sp³-hybridized carbons (Fsp3) is 0. The molecular formula is C12H12N2O2S. The first-order valence-corrected chi connectivity index (χ1v) is 6.51. The standard InChI is InChI=1S/C12H12N2O2S/c13-12-4-2-1-3-11(12)9-5-7-10(8-6-9)17(14,15)16/h1-8H,13H2,(H2,14,15,16). The fourth-order valence-electron chi connectivity index (χ4n) is 1.58. The van der Waals surface area contributed by atoms with Gasteiger partial charge in [-0.05, 0) is 23.8 Å². The second kappa shape index (κ2) is 4.20. The predicted octanol–water partition coefficient (Wildman–Crippen LogP) is 1.58. The normalized spacial score (nSPS) is 11.4. The average molecular weight is 248 g/mol. The van der Waals surface area contributed by atoms with Crippen LogP contribution in [0.4, 0.5) is 5.69 Å². The fourth-order valence-corrected chi connectivity index (χ4v) is 2.10. The van der Waals surface area contributed by atoms with Crippen molar-refractivity contribution in [3.63, 3.8) is 0 Å². The highest BCUT2D eigenvalue weighted by molar-refractivity contribution is 7.89. The highest BCUT2D eigenvalue weighted by Gasteiger charge is 2.08. The van der Waals surface area contributed by atoms with E-state index >= 15 is 0 Å². The quantitative estimate of drug-likeness (QED) is 0.791. The minimum absolute atomic E-state index is 0.0933. The second-order valence-corrected chi connectivity index (χ2v) is 5.22. The lowest BCUT2D eigenvalue weighted by molar-refractivity contribution is 0.598. The molecule has 0 fully saturated rings. The lowest BCUT2D eigenvalue weighted by atomic mass is 10.0. The zero-order valence-electron chi connectivity index (χ0n) is 9.00. The third-order valence-corrected chi connectivity index (χ3v) is 3.38. The van der Waals surface area contributed by atoms with Crippen molar-refractivity contribution in [2.24, 2.45) is 5.14 Å². The van der Waals surface area contributed by atoms with Crippen molar-refractivity contribution in [2.45, 2.75) is 4.90 Å². The van der Waals surface area contributed by atoms with E-state index in [2.05, 4.69) is 0 Å². The first-order valence-electron chi connectivity index (χ1n) is 4.96. The summed E-state index contributed by atoms with van der Waals surface area (Å²) in [7, 11) is -3.64. The van der Waals surface area contributed by atoms with Crippen LogP contribution in [0.3, 0.4) is 0 Å². The van der Waals surface area contributed by atoms with E-state index in [4.69, 9.17) is 10.9 Å². The second-order valence-electron chi connectivity index (χ2n) is 3.66. The highest BCUT2D eigenvalue weighted by atomic mass is 32.2. The van der Waals surface area contributed by atoms with Gasteiger partial charge < -0.3 is 5.73 Å². The van der Waals surface area contributed by atoms with E-state index in [9.17, 15) is 8.42 Å². The number of para-hydroxylation sites is 1. The maximum Gasteiger partial charge on any atom is 0.238 e. The molecule has 0 aromatic heterocycles. The summed E-state index contributed by atoms with van der Waals surface area (Å²) >= 11 is 0. The summed E-state index contributed by atoms with van der Waals surface area (Å²) in [5, 5.41) is 5.02. The number of rotatable bonds is 2. The summed E-state index contributed by atoms with van der Waals surface area (Å²) < 4.78 is 22.2. The molecule has 0 amide bonds. The van der Waals surface area contributed by atoms with Crippen LogP contribution in [0.5, 0.6) is 0 Å². The predicted molar refractivity (Wildman–Crippen MR) is 67.7 cm³/mol. The van der Waals surface area contributed by atoms with Crippen LogP contribution in [0.2, 0.25) is 0 Å². The maximum absolute atomic E-state index is 11.1. The molecule has 0 aliphatic rings. The summed E-state index contributed by atoms with van der Waals surface area (Å²) in [6, 6.07) is 13.7. The van der Waals surface area contributed by atoms with Gasteiger partial charge in [-0.1, -0.05) is 30.3 Å². The van der Waals surface area contributed by atoms with E-state index in [1.165, 1.54) is 12.1 Å². The van der Waals surface area contributed by atoms with Gasteiger partial charge in [0.2, 0.25) is 10.0 Å². The third kappa shape index (κ3) is 2.46. The Morgan fingerprint density at radius 2 is 1.47 bits per heavy atom. The minimum atomic E-state index is -3.64. The van der Waals surface area contributed by atoms with Gasteiger partial charge in [0.1, 0.15) is 0 Å². The van der Waals surface area contributed by atoms with E-state index in [1.807, 2.05) is 18.2 Å². The zero-order valence-corrected chi connectivity index (χ0v) is 9.81. The summed E-state index contributed by atoms with van der Waals surface area (Å²) in [5.41, 5.74) is 8.21. The van der Waals surface area contributed by atoms with E-state index < -0.39 is 10.0 Å². The van der Waals surface area contributed by atoms with Crippen molar-refractivity contribution in [1.82, 2.24) is 0 Å². The number of hydrogen-bond acceptors (Lipinski definition) is 3. The van der Waals surface area contributed by atoms with E-state index in [-0.39, 0.29) is 4.90 Å².